The summed E-state index contributed by atoms with van der Waals surface area (Å²) >= 11 is 0. The fraction of sp³-hybridized carbons (Fsp3) is 1.00. The van der Waals surface area contributed by atoms with Crippen LogP contribution in [-0.4, -0.2) is 12.6 Å². The van der Waals surface area contributed by atoms with E-state index in [2.05, 4.69) is 19.2 Å². The summed E-state index contributed by atoms with van der Waals surface area (Å²) < 4.78 is 0. The molecule has 1 N–H and O–H groups in total. The second-order valence-corrected chi connectivity index (χ2v) is 4.35. The Morgan fingerprint density at radius 3 is 2.69 bits per heavy atom. The van der Waals surface area contributed by atoms with Gasteiger partial charge in [-0.2, -0.15) is 0 Å². The number of rotatable bonds is 6. The van der Waals surface area contributed by atoms with Crippen LogP contribution in [0.25, 0.3) is 0 Å². The maximum Gasteiger partial charge on any atom is 0.00952 e. The highest BCUT2D eigenvalue weighted by atomic mass is 14.9. The SMILES string of the molecule is CCCCCC1CCCC1NCC. The Morgan fingerprint density at radius 2 is 2.00 bits per heavy atom. The van der Waals surface area contributed by atoms with E-state index < -0.39 is 0 Å². The predicted molar refractivity (Wildman–Crippen MR) is 58.9 cm³/mol. The third kappa shape index (κ3) is 3.68. The highest BCUT2D eigenvalue weighted by Crippen LogP contribution is 2.29. The van der Waals surface area contributed by atoms with Crippen molar-refractivity contribution in [1.82, 2.24) is 5.32 Å². The molecule has 13 heavy (non-hydrogen) atoms. The summed E-state index contributed by atoms with van der Waals surface area (Å²) in [6.07, 6.45) is 10.0. The van der Waals surface area contributed by atoms with Crippen LogP contribution in [0.3, 0.4) is 0 Å². The first-order valence-corrected chi connectivity index (χ1v) is 6.11. The van der Waals surface area contributed by atoms with E-state index in [0.717, 1.165) is 18.5 Å². The highest BCUT2D eigenvalue weighted by molar-refractivity contribution is 4.82. The molecule has 0 aromatic rings. The van der Waals surface area contributed by atoms with Crippen molar-refractivity contribution in [2.45, 2.75) is 64.8 Å². The fourth-order valence-corrected chi connectivity index (χ4v) is 2.57. The average Bonchev–Trinajstić information content (AvgIpc) is 2.54. The first kappa shape index (κ1) is 11.0. The van der Waals surface area contributed by atoms with Crippen molar-refractivity contribution in [2.75, 3.05) is 6.54 Å². The lowest BCUT2D eigenvalue weighted by Gasteiger charge is -2.19. The zero-order chi connectivity index (χ0) is 9.52. The van der Waals surface area contributed by atoms with Gasteiger partial charge in [0.25, 0.3) is 0 Å². The minimum absolute atomic E-state index is 0.849. The van der Waals surface area contributed by atoms with Crippen molar-refractivity contribution in [3.05, 3.63) is 0 Å². The van der Waals surface area contributed by atoms with Gasteiger partial charge in [0.05, 0.1) is 0 Å². The molecule has 0 amide bonds. The summed E-state index contributed by atoms with van der Waals surface area (Å²) in [4.78, 5) is 0. The molecule has 1 aliphatic rings. The normalized spacial score (nSPS) is 28.2. The predicted octanol–water partition coefficient (Wildman–Crippen LogP) is 3.34. The molecular formula is C12H25N. The topological polar surface area (TPSA) is 12.0 Å². The van der Waals surface area contributed by atoms with Gasteiger partial charge >= 0.3 is 0 Å². The Morgan fingerprint density at radius 1 is 1.15 bits per heavy atom. The van der Waals surface area contributed by atoms with Crippen LogP contribution in [0.2, 0.25) is 0 Å². The summed E-state index contributed by atoms with van der Waals surface area (Å²) in [5.41, 5.74) is 0. The second-order valence-electron chi connectivity index (χ2n) is 4.35. The molecule has 1 heteroatoms. The van der Waals surface area contributed by atoms with Gasteiger partial charge in [0.15, 0.2) is 0 Å². The van der Waals surface area contributed by atoms with E-state index in [-0.39, 0.29) is 0 Å². The number of nitrogens with one attached hydrogen (secondary N) is 1. The Balaban J connectivity index is 2.15. The Labute approximate surface area is 83.3 Å². The molecule has 2 unspecified atom stereocenters. The average molecular weight is 183 g/mol. The van der Waals surface area contributed by atoms with E-state index in [1.54, 1.807) is 0 Å². The number of hydrogen-bond acceptors (Lipinski definition) is 1. The third-order valence-electron chi connectivity index (χ3n) is 3.30. The molecule has 78 valence electrons. The Hall–Kier alpha value is -0.0400. The first-order chi connectivity index (χ1) is 6.38. The summed E-state index contributed by atoms with van der Waals surface area (Å²) in [6, 6.07) is 0.849. The maximum atomic E-state index is 3.62. The molecule has 1 saturated carbocycles. The summed E-state index contributed by atoms with van der Waals surface area (Å²) in [6.45, 7) is 5.66. The molecule has 1 fully saturated rings. The zero-order valence-corrected chi connectivity index (χ0v) is 9.31. The quantitative estimate of drug-likeness (QED) is 0.623. The molecule has 0 aliphatic heterocycles. The van der Waals surface area contributed by atoms with Crippen LogP contribution >= 0.6 is 0 Å². The Kier molecular flexibility index (Phi) is 5.45. The van der Waals surface area contributed by atoms with E-state index in [1.165, 1.54) is 44.9 Å². The van der Waals surface area contributed by atoms with Crippen molar-refractivity contribution >= 4 is 0 Å². The van der Waals surface area contributed by atoms with Crippen LogP contribution in [0.4, 0.5) is 0 Å². The standard InChI is InChI=1S/C12H25N/c1-3-5-6-8-11-9-7-10-12(11)13-4-2/h11-13H,3-10H2,1-2H3. The van der Waals surface area contributed by atoms with Gasteiger partial charge in [-0.05, 0) is 31.7 Å². The molecule has 2 atom stereocenters. The van der Waals surface area contributed by atoms with Gasteiger partial charge in [-0.25, -0.2) is 0 Å². The van der Waals surface area contributed by atoms with Gasteiger partial charge in [-0.3, -0.25) is 0 Å². The molecule has 1 aliphatic carbocycles. The fourth-order valence-electron chi connectivity index (χ4n) is 2.57. The summed E-state index contributed by atoms with van der Waals surface area (Å²) in [7, 11) is 0. The smallest absolute Gasteiger partial charge is 0.00952 e. The van der Waals surface area contributed by atoms with Crippen LogP contribution in [-0.2, 0) is 0 Å². The van der Waals surface area contributed by atoms with Crippen LogP contribution < -0.4 is 5.32 Å². The third-order valence-corrected chi connectivity index (χ3v) is 3.30. The minimum Gasteiger partial charge on any atom is -0.314 e. The van der Waals surface area contributed by atoms with Gasteiger partial charge in [0.2, 0.25) is 0 Å². The summed E-state index contributed by atoms with van der Waals surface area (Å²) in [5, 5.41) is 3.62. The molecule has 0 spiro atoms. The van der Waals surface area contributed by atoms with E-state index in [9.17, 15) is 0 Å². The molecule has 0 heterocycles. The van der Waals surface area contributed by atoms with Crippen LogP contribution in [0.1, 0.15) is 58.8 Å². The van der Waals surface area contributed by atoms with Gasteiger partial charge in [0.1, 0.15) is 0 Å². The van der Waals surface area contributed by atoms with E-state index in [4.69, 9.17) is 0 Å². The van der Waals surface area contributed by atoms with Crippen molar-refractivity contribution in [3.8, 4) is 0 Å². The molecule has 0 radical (unpaired) electrons. The van der Waals surface area contributed by atoms with Crippen molar-refractivity contribution in [3.63, 3.8) is 0 Å². The van der Waals surface area contributed by atoms with E-state index in [1.807, 2.05) is 0 Å². The Bertz CT molecular complexity index is 122. The molecule has 0 aromatic heterocycles. The van der Waals surface area contributed by atoms with Crippen molar-refractivity contribution in [1.29, 1.82) is 0 Å². The van der Waals surface area contributed by atoms with Crippen LogP contribution in [0, 0.1) is 5.92 Å². The van der Waals surface area contributed by atoms with E-state index >= 15 is 0 Å². The first-order valence-electron chi connectivity index (χ1n) is 6.11. The van der Waals surface area contributed by atoms with E-state index in [0.29, 0.717) is 0 Å². The molecule has 0 bridgehead atoms. The zero-order valence-electron chi connectivity index (χ0n) is 9.31. The lowest BCUT2D eigenvalue weighted by molar-refractivity contribution is 0.373. The van der Waals surface area contributed by atoms with Gasteiger partial charge in [-0.15, -0.1) is 0 Å². The summed E-state index contributed by atoms with van der Waals surface area (Å²) in [5.74, 6) is 0.992. The maximum absolute atomic E-state index is 3.62. The molecule has 0 saturated heterocycles. The largest absolute Gasteiger partial charge is 0.314 e. The van der Waals surface area contributed by atoms with Crippen molar-refractivity contribution < 1.29 is 0 Å². The number of hydrogen-bond donors (Lipinski definition) is 1. The monoisotopic (exact) mass is 183 g/mol. The number of unbranched alkanes of at least 4 members (excludes halogenated alkanes) is 2. The molecule has 1 nitrogen and oxygen atoms in total. The molecule has 0 aromatic carbocycles. The lowest BCUT2D eigenvalue weighted by Crippen LogP contribution is -2.32. The van der Waals surface area contributed by atoms with Gasteiger partial charge in [-0.1, -0.05) is 39.5 Å². The van der Waals surface area contributed by atoms with Crippen LogP contribution in [0.15, 0.2) is 0 Å². The van der Waals surface area contributed by atoms with Gasteiger partial charge in [0, 0.05) is 6.04 Å². The van der Waals surface area contributed by atoms with Gasteiger partial charge < -0.3 is 5.32 Å². The molecule has 1 rings (SSSR count). The van der Waals surface area contributed by atoms with Crippen LogP contribution in [0.5, 0.6) is 0 Å². The molecular weight excluding hydrogens is 158 g/mol. The lowest BCUT2D eigenvalue weighted by atomic mass is 9.96. The highest BCUT2D eigenvalue weighted by Gasteiger charge is 2.25. The van der Waals surface area contributed by atoms with Crippen molar-refractivity contribution in [2.24, 2.45) is 5.92 Å². The minimum atomic E-state index is 0.849. The second kappa shape index (κ2) is 6.42.